The Morgan fingerprint density at radius 1 is 1.21 bits per heavy atom. The molecule has 1 aliphatic rings. The molecule has 0 radical (unpaired) electrons. The number of phenols is 1. The van der Waals surface area contributed by atoms with E-state index in [0.29, 0.717) is 17.0 Å². The molecule has 144 valence electrons. The van der Waals surface area contributed by atoms with Gasteiger partial charge in [-0.2, -0.15) is 0 Å². The van der Waals surface area contributed by atoms with Crippen LogP contribution < -0.4 is 10.1 Å². The second-order valence-corrected chi connectivity index (χ2v) is 7.11. The minimum Gasteiger partial charge on any atom is -0.504 e. The fraction of sp³-hybridized carbons (Fsp3) is 0.150. The molecule has 0 aliphatic carbocycles. The van der Waals surface area contributed by atoms with E-state index in [0.717, 1.165) is 22.2 Å². The lowest BCUT2D eigenvalue weighted by atomic mass is 10.2. The summed E-state index contributed by atoms with van der Waals surface area (Å²) in [5.74, 6) is -0.787. The Hall–Kier alpha value is -3.26. The summed E-state index contributed by atoms with van der Waals surface area (Å²) in [4.78, 5) is 37.9. The molecule has 1 aliphatic heterocycles. The number of nitrogens with zero attached hydrogens (tertiary/aromatic N) is 1. The largest absolute Gasteiger partial charge is 0.504 e. The van der Waals surface area contributed by atoms with Gasteiger partial charge in [-0.15, -0.1) is 0 Å². The number of thioether (sulfide) groups is 1. The van der Waals surface area contributed by atoms with Crippen LogP contribution in [-0.2, 0) is 9.59 Å². The van der Waals surface area contributed by atoms with Crippen molar-refractivity contribution in [3.8, 4) is 11.5 Å². The normalized spacial score (nSPS) is 15.2. The zero-order valence-electron chi connectivity index (χ0n) is 15.3. The van der Waals surface area contributed by atoms with E-state index in [9.17, 15) is 19.5 Å². The molecule has 1 fully saturated rings. The van der Waals surface area contributed by atoms with Crippen LogP contribution in [0.2, 0.25) is 0 Å². The molecule has 8 heteroatoms. The third kappa shape index (κ3) is 4.34. The Morgan fingerprint density at radius 2 is 1.93 bits per heavy atom. The van der Waals surface area contributed by atoms with E-state index < -0.39 is 17.1 Å². The monoisotopic (exact) mass is 398 g/mol. The Balaban J connectivity index is 1.69. The van der Waals surface area contributed by atoms with Crippen LogP contribution in [0, 0.1) is 6.92 Å². The summed E-state index contributed by atoms with van der Waals surface area (Å²) in [6, 6.07) is 11.8. The average Bonchev–Trinajstić information content (AvgIpc) is 2.91. The Kier molecular flexibility index (Phi) is 5.70. The van der Waals surface area contributed by atoms with Crippen molar-refractivity contribution in [2.75, 3.05) is 19.0 Å². The highest BCUT2D eigenvalue weighted by Crippen LogP contribution is 2.34. The molecule has 3 amide bonds. The van der Waals surface area contributed by atoms with E-state index in [1.807, 2.05) is 19.1 Å². The summed E-state index contributed by atoms with van der Waals surface area (Å²) < 4.78 is 4.97. The fourth-order valence-corrected chi connectivity index (χ4v) is 3.40. The molecule has 2 aromatic carbocycles. The number of phenolic OH excluding ortho intramolecular Hbond substituents is 1. The number of methoxy groups -OCH3 is 1. The maximum atomic E-state index is 12.5. The van der Waals surface area contributed by atoms with Gasteiger partial charge in [0.2, 0.25) is 5.91 Å². The van der Waals surface area contributed by atoms with Crippen molar-refractivity contribution in [2.24, 2.45) is 0 Å². The van der Waals surface area contributed by atoms with Crippen LogP contribution in [0.25, 0.3) is 6.08 Å². The van der Waals surface area contributed by atoms with Gasteiger partial charge in [-0.3, -0.25) is 19.3 Å². The van der Waals surface area contributed by atoms with Crippen molar-refractivity contribution >= 4 is 40.6 Å². The number of aromatic hydroxyl groups is 1. The van der Waals surface area contributed by atoms with E-state index in [2.05, 4.69) is 5.32 Å². The van der Waals surface area contributed by atoms with E-state index in [1.165, 1.54) is 19.3 Å². The Morgan fingerprint density at radius 3 is 2.57 bits per heavy atom. The van der Waals surface area contributed by atoms with Crippen molar-refractivity contribution in [1.82, 2.24) is 4.90 Å². The van der Waals surface area contributed by atoms with Crippen LogP contribution in [0.4, 0.5) is 10.5 Å². The van der Waals surface area contributed by atoms with Crippen LogP contribution in [-0.4, -0.2) is 40.7 Å². The standard InChI is InChI=1S/C20H18N2O5S/c1-12-3-6-14(7-4-12)21-18(24)11-22-19(25)17(28-20(22)26)10-13-5-8-16(27-2)15(23)9-13/h3-10,23H,11H2,1-2H3,(H,21,24). The van der Waals surface area contributed by atoms with Crippen LogP contribution in [0.15, 0.2) is 47.4 Å². The highest BCUT2D eigenvalue weighted by molar-refractivity contribution is 8.18. The van der Waals surface area contributed by atoms with Gasteiger partial charge < -0.3 is 15.2 Å². The SMILES string of the molecule is COc1ccc(C=C2SC(=O)N(CC(=O)Nc3ccc(C)cc3)C2=O)cc1O. The highest BCUT2D eigenvalue weighted by atomic mass is 32.2. The number of aryl methyl sites for hydroxylation is 1. The van der Waals surface area contributed by atoms with E-state index >= 15 is 0 Å². The summed E-state index contributed by atoms with van der Waals surface area (Å²) in [6.45, 7) is 1.56. The zero-order valence-corrected chi connectivity index (χ0v) is 16.1. The van der Waals surface area contributed by atoms with E-state index in [4.69, 9.17) is 4.74 Å². The first kappa shape index (κ1) is 19.5. The number of ether oxygens (including phenoxy) is 1. The Labute approximate surface area is 166 Å². The molecule has 1 saturated heterocycles. The molecular formula is C20H18N2O5S. The number of rotatable bonds is 5. The molecule has 28 heavy (non-hydrogen) atoms. The third-order valence-corrected chi connectivity index (χ3v) is 4.92. The molecule has 0 spiro atoms. The van der Waals surface area contributed by atoms with Crippen molar-refractivity contribution in [3.63, 3.8) is 0 Å². The Bertz CT molecular complexity index is 969. The van der Waals surface area contributed by atoms with Gasteiger partial charge in [0.05, 0.1) is 12.0 Å². The fourth-order valence-electron chi connectivity index (χ4n) is 2.57. The summed E-state index contributed by atoms with van der Waals surface area (Å²) in [5.41, 5.74) is 2.18. The van der Waals surface area contributed by atoms with E-state index in [-0.39, 0.29) is 17.2 Å². The predicted molar refractivity (Wildman–Crippen MR) is 107 cm³/mol. The number of hydrogen-bond acceptors (Lipinski definition) is 6. The molecule has 7 nitrogen and oxygen atoms in total. The predicted octanol–water partition coefficient (Wildman–Crippen LogP) is 3.38. The molecule has 0 atom stereocenters. The van der Waals surface area contributed by atoms with Gasteiger partial charge in [-0.05, 0) is 54.6 Å². The van der Waals surface area contributed by atoms with Crippen LogP contribution in [0.5, 0.6) is 11.5 Å². The number of amides is 3. The average molecular weight is 398 g/mol. The topological polar surface area (TPSA) is 95.9 Å². The number of nitrogens with one attached hydrogen (secondary N) is 1. The van der Waals surface area contributed by atoms with Gasteiger partial charge in [0, 0.05) is 5.69 Å². The summed E-state index contributed by atoms with van der Waals surface area (Å²) in [7, 11) is 1.43. The first-order valence-corrected chi connectivity index (χ1v) is 9.18. The number of carbonyl (C=O) groups excluding carboxylic acids is 3. The summed E-state index contributed by atoms with van der Waals surface area (Å²) in [5, 5.41) is 12.0. The lowest BCUT2D eigenvalue weighted by Crippen LogP contribution is -2.36. The van der Waals surface area contributed by atoms with Gasteiger partial charge in [-0.25, -0.2) is 0 Å². The third-order valence-electron chi connectivity index (χ3n) is 4.01. The van der Waals surface area contributed by atoms with Crippen molar-refractivity contribution in [1.29, 1.82) is 0 Å². The quantitative estimate of drug-likeness (QED) is 0.750. The van der Waals surface area contributed by atoms with Crippen LogP contribution in [0.3, 0.4) is 0 Å². The molecule has 2 aromatic rings. The number of carbonyl (C=O) groups is 3. The summed E-state index contributed by atoms with van der Waals surface area (Å²) >= 11 is 0.748. The molecule has 3 rings (SSSR count). The van der Waals surface area contributed by atoms with Crippen LogP contribution in [0.1, 0.15) is 11.1 Å². The number of imide groups is 1. The number of anilines is 1. The summed E-state index contributed by atoms with van der Waals surface area (Å²) in [6.07, 6.45) is 1.49. The van der Waals surface area contributed by atoms with Crippen molar-refractivity contribution in [3.05, 3.63) is 58.5 Å². The minimum atomic E-state index is -0.552. The van der Waals surface area contributed by atoms with Crippen molar-refractivity contribution < 1.29 is 24.2 Å². The minimum absolute atomic E-state index is 0.0760. The second kappa shape index (κ2) is 8.18. The molecule has 0 aromatic heterocycles. The molecule has 1 heterocycles. The maximum Gasteiger partial charge on any atom is 0.294 e. The van der Waals surface area contributed by atoms with Crippen LogP contribution >= 0.6 is 11.8 Å². The zero-order chi connectivity index (χ0) is 20.3. The number of benzene rings is 2. The van der Waals surface area contributed by atoms with Gasteiger partial charge >= 0.3 is 0 Å². The van der Waals surface area contributed by atoms with E-state index in [1.54, 1.807) is 24.3 Å². The first-order chi connectivity index (χ1) is 13.4. The lowest BCUT2D eigenvalue weighted by Gasteiger charge is -2.12. The van der Waals surface area contributed by atoms with Gasteiger partial charge in [-0.1, -0.05) is 23.8 Å². The molecule has 0 unspecified atom stereocenters. The van der Waals surface area contributed by atoms with Gasteiger partial charge in [0.1, 0.15) is 6.54 Å². The lowest BCUT2D eigenvalue weighted by molar-refractivity contribution is -0.127. The second-order valence-electron chi connectivity index (χ2n) is 6.11. The van der Waals surface area contributed by atoms with Gasteiger partial charge in [0.25, 0.3) is 11.1 Å². The molecule has 0 saturated carbocycles. The highest BCUT2D eigenvalue weighted by Gasteiger charge is 2.36. The molecular weight excluding hydrogens is 380 g/mol. The maximum absolute atomic E-state index is 12.5. The molecule has 2 N–H and O–H groups in total. The smallest absolute Gasteiger partial charge is 0.294 e. The first-order valence-electron chi connectivity index (χ1n) is 8.36. The van der Waals surface area contributed by atoms with Gasteiger partial charge in [0.15, 0.2) is 11.5 Å². The number of hydrogen-bond donors (Lipinski definition) is 2. The van der Waals surface area contributed by atoms with Crippen molar-refractivity contribution in [2.45, 2.75) is 6.92 Å². The molecule has 0 bridgehead atoms.